The van der Waals surface area contributed by atoms with Gasteiger partial charge in [0.25, 0.3) is 0 Å². The molecule has 1 saturated heterocycles. The first-order valence-electron chi connectivity index (χ1n) is 5.81. The van der Waals surface area contributed by atoms with Gasteiger partial charge >= 0.3 is 0 Å². The Bertz CT molecular complexity index is 584. The van der Waals surface area contributed by atoms with Gasteiger partial charge in [-0.3, -0.25) is 4.98 Å². The molecule has 1 aromatic carbocycles. The second-order valence-corrected chi connectivity index (χ2v) is 5.03. The van der Waals surface area contributed by atoms with E-state index >= 15 is 0 Å². The highest BCUT2D eigenvalue weighted by Gasteiger charge is 2.13. The summed E-state index contributed by atoms with van der Waals surface area (Å²) in [5.74, 6) is 0.891. The van der Waals surface area contributed by atoms with Crippen LogP contribution in [0.15, 0.2) is 18.3 Å². The molecule has 7 heteroatoms. The topological polar surface area (TPSA) is 41.1 Å². The van der Waals surface area contributed by atoms with Gasteiger partial charge in [-0.25, -0.2) is 4.98 Å². The van der Waals surface area contributed by atoms with Crippen LogP contribution < -0.4 is 10.2 Å². The Kier molecular flexibility index (Phi) is 4.68. The van der Waals surface area contributed by atoms with Crippen LogP contribution in [0.3, 0.4) is 0 Å². The lowest BCUT2D eigenvalue weighted by atomic mass is 10.3. The fraction of sp³-hybridized carbons (Fsp3) is 0.333. The maximum atomic E-state index is 6.00. The molecule has 102 valence electrons. The molecule has 0 unspecified atom stereocenters. The zero-order chi connectivity index (χ0) is 12.5. The summed E-state index contributed by atoms with van der Waals surface area (Å²) in [4.78, 5) is 11.2. The van der Waals surface area contributed by atoms with E-state index in [-0.39, 0.29) is 12.4 Å². The smallest absolute Gasteiger partial charge is 0.147 e. The Hall–Kier alpha value is -0.810. The highest BCUT2D eigenvalue weighted by Crippen LogP contribution is 2.27. The van der Waals surface area contributed by atoms with E-state index in [1.165, 1.54) is 0 Å². The van der Waals surface area contributed by atoms with Gasteiger partial charge in [-0.05, 0) is 12.1 Å². The SMILES string of the molecule is Cl.Clc1cc2ncc(N3CCNCC3)nc2cc1Cl. The van der Waals surface area contributed by atoms with E-state index in [1.807, 2.05) is 0 Å². The number of halogens is 3. The number of aromatic nitrogens is 2. The molecule has 0 amide bonds. The summed E-state index contributed by atoms with van der Waals surface area (Å²) in [7, 11) is 0. The Morgan fingerprint density at radius 2 is 1.68 bits per heavy atom. The summed E-state index contributed by atoms with van der Waals surface area (Å²) < 4.78 is 0. The number of rotatable bonds is 1. The third-order valence-electron chi connectivity index (χ3n) is 3.01. The fourth-order valence-corrected chi connectivity index (χ4v) is 2.36. The molecule has 2 heterocycles. The summed E-state index contributed by atoms with van der Waals surface area (Å²) in [6, 6.07) is 3.51. The molecular weight excluding hydrogens is 307 g/mol. The summed E-state index contributed by atoms with van der Waals surface area (Å²) >= 11 is 12.0. The number of fused-ring (bicyclic) bond motifs is 1. The van der Waals surface area contributed by atoms with Gasteiger partial charge in [0, 0.05) is 26.2 Å². The van der Waals surface area contributed by atoms with Crippen LogP contribution in [0.25, 0.3) is 11.0 Å². The van der Waals surface area contributed by atoms with Crippen LogP contribution in [0.1, 0.15) is 0 Å². The van der Waals surface area contributed by atoms with Crippen LogP contribution in [-0.4, -0.2) is 36.1 Å². The van der Waals surface area contributed by atoms with Gasteiger partial charge in [0.05, 0.1) is 27.3 Å². The first-order chi connectivity index (χ1) is 8.74. The van der Waals surface area contributed by atoms with Crippen molar-refractivity contribution in [2.75, 3.05) is 31.1 Å². The molecule has 1 fully saturated rings. The summed E-state index contributed by atoms with van der Waals surface area (Å²) in [6.07, 6.45) is 1.79. The van der Waals surface area contributed by atoms with Crippen LogP contribution in [0.5, 0.6) is 0 Å². The van der Waals surface area contributed by atoms with Crippen molar-refractivity contribution in [3.63, 3.8) is 0 Å². The Balaban J connectivity index is 0.00000133. The molecule has 0 aliphatic carbocycles. The molecule has 2 aromatic rings. The molecule has 1 N–H and O–H groups in total. The zero-order valence-electron chi connectivity index (χ0n) is 10.1. The van der Waals surface area contributed by atoms with Crippen molar-refractivity contribution < 1.29 is 0 Å². The van der Waals surface area contributed by atoms with E-state index in [1.54, 1.807) is 18.3 Å². The van der Waals surface area contributed by atoms with Crippen molar-refractivity contribution in [2.24, 2.45) is 0 Å². The largest absolute Gasteiger partial charge is 0.353 e. The van der Waals surface area contributed by atoms with E-state index in [2.05, 4.69) is 20.2 Å². The van der Waals surface area contributed by atoms with Gasteiger partial charge in [0.1, 0.15) is 5.82 Å². The Labute approximate surface area is 127 Å². The molecule has 19 heavy (non-hydrogen) atoms. The van der Waals surface area contributed by atoms with Gasteiger partial charge in [-0.2, -0.15) is 0 Å². The molecule has 4 nitrogen and oxygen atoms in total. The second-order valence-electron chi connectivity index (χ2n) is 4.22. The first-order valence-corrected chi connectivity index (χ1v) is 6.57. The number of anilines is 1. The van der Waals surface area contributed by atoms with Crippen molar-refractivity contribution in [2.45, 2.75) is 0 Å². The number of benzene rings is 1. The normalized spacial score (nSPS) is 15.4. The predicted molar refractivity (Wildman–Crippen MR) is 81.9 cm³/mol. The van der Waals surface area contributed by atoms with Gasteiger partial charge in [-0.15, -0.1) is 12.4 Å². The molecule has 0 saturated carbocycles. The predicted octanol–water partition coefficient (Wildman–Crippen LogP) is 2.77. The molecule has 0 spiro atoms. The van der Waals surface area contributed by atoms with E-state index in [0.717, 1.165) is 43.0 Å². The van der Waals surface area contributed by atoms with Crippen molar-refractivity contribution in [1.82, 2.24) is 15.3 Å². The second kappa shape index (κ2) is 6.09. The Morgan fingerprint density at radius 1 is 1.05 bits per heavy atom. The van der Waals surface area contributed by atoms with Crippen LogP contribution in [-0.2, 0) is 0 Å². The van der Waals surface area contributed by atoms with Crippen LogP contribution >= 0.6 is 35.6 Å². The summed E-state index contributed by atoms with van der Waals surface area (Å²) in [5.41, 5.74) is 1.55. The highest BCUT2D eigenvalue weighted by molar-refractivity contribution is 6.42. The van der Waals surface area contributed by atoms with Gasteiger partial charge < -0.3 is 10.2 Å². The zero-order valence-corrected chi connectivity index (χ0v) is 12.4. The average Bonchev–Trinajstić information content (AvgIpc) is 2.41. The third-order valence-corrected chi connectivity index (χ3v) is 3.73. The molecular formula is C12H13Cl3N4. The number of nitrogens with zero attached hydrogens (tertiary/aromatic N) is 3. The molecule has 0 bridgehead atoms. The lowest BCUT2D eigenvalue weighted by Crippen LogP contribution is -2.43. The number of piperazine rings is 1. The van der Waals surface area contributed by atoms with Gasteiger partial charge in [-0.1, -0.05) is 23.2 Å². The number of hydrogen-bond donors (Lipinski definition) is 1. The van der Waals surface area contributed by atoms with Crippen molar-refractivity contribution in [1.29, 1.82) is 0 Å². The van der Waals surface area contributed by atoms with E-state index in [9.17, 15) is 0 Å². The average molecular weight is 320 g/mol. The van der Waals surface area contributed by atoms with Crippen LogP contribution in [0.4, 0.5) is 5.82 Å². The van der Waals surface area contributed by atoms with Crippen LogP contribution in [0, 0.1) is 0 Å². The minimum absolute atomic E-state index is 0. The Morgan fingerprint density at radius 3 is 2.37 bits per heavy atom. The molecule has 3 rings (SSSR count). The van der Waals surface area contributed by atoms with E-state index in [4.69, 9.17) is 23.2 Å². The molecule has 1 aliphatic heterocycles. The highest BCUT2D eigenvalue weighted by atomic mass is 35.5. The summed E-state index contributed by atoms with van der Waals surface area (Å²) in [6.45, 7) is 3.84. The monoisotopic (exact) mass is 318 g/mol. The third kappa shape index (κ3) is 3.03. The van der Waals surface area contributed by atoms with E-state index < -0.39 is 0 Å². The molecule has 0 atom stereocenters. The maximum absolute atomic E-state index is 6.00. The quantitative estimate of drug-likeness (QED) is 0.877. The number of nitrogens with one attached hydrogen (secondary N) is 1. The maximum Gasteiger partial charge on any atom is 0.147 e. The minimum Gasteiger partial charge on any atom is -0.353 e. The molecule has 1 aliphatic rings. The lowest BCUT2D eigenvalue weighted by molar-refractivity contribution is 0.585. The lowest BCUT2D eigenvalue weighted by Gasteiger charge is -2.28. The summed E-state index contributed by atoms with van der Waals surface area (Å²) in [5, 5.41) is 4.33. The number of hydrogen-bond acceptors (Lipinski definition) is 4. The minimum atomic E-state index is 0. The van der Waals surface area contributed by atoms with Crippen molar-refractivity contribution in [3.8, 4) is 0 Å². The van der Waals surface area contributed by atoms with E-state index in [0.29, 0.717) is 10.0 Å². The molecule has 0 radical (unpaired) electrons. The van der Waals surface area contributed by atoms with Gasteiger partial charge in [0.15, 0.2) is 0 Å². The first kappa shape index (κ1) is 14.6. The van der Waals surface area contributed by atoms with Gasteiger partial charge in [0.2, 0.25) is 0 Å². The fourth-order valence-electron chi connectivity index (χ4n) is 2.04. The van der Waals surface area contributed by atoms with Crippen molar-refractivity contribution >= 4 is 52.5 Å². The standard InChI is InChI=1S/C12H12Cl2N4.ClH/c13-8-5-10-11(6-9(8)14)17-12(7-16-10)18-3-1-15-2-4-18;/h5-7,15H,1-4H2;1H. The molecule has 1 aromatic heterocycles. The van der Waals surface area contributed by atoms with Crippen LogP contribution in [0.2, 0.25) is 10.0 Å². The van der Waals surface area contributed by atoms with Crippen molar-refractivity contribution in [3.05, 3.63) is 28.4 Å².